The van der Waals surface area contributed by atoms with Crippen molar-refractivity contribution >= 4 is 22.2 Å². The fourth-order valence-electron chi connectivity index (χ4n) is 3.72. The Morgan fingerprint density at radius 3 is 2.52 bits per heavy atom. The molecule has 3 heterocycles. The lowest BCUT2D eigenvalue weighted by Gasteiger charge is -2.35. The summed E-state index contributed by atoms with van der Waals surface area (Å²) in [6.07, 6.45) is 1.83. The van der Waals surface area contributed by atoms with Gasteiger partial charge in [0.1, 0.15) is 5.00 Å². The maximum atomic E-state index is 12.9. The molecule has 0 radical (unpaired) electrons. The highest BCUT2D eigenvalue weighted by Gasteiger charge is 2.31. The number of nitrogens with zero attached hydrogens (tertiary/aromatic N) is 2. The van der Waals surface area contributed by atoms with Crippen molar-refractivity contribution in [2.45, 2.75) is 19.9 Å². The van der Waals surface area contributed by atoms with Gasteiger partial charge in [-0.05, 0) is 43.7 Å². The second-order valence-electron chi connectivity index (χ2n) is 7.15. The number of aryl methyl sites for hydroxylation is 1. The van der Waals surface area contributed by atoms with E-state index in [1.54, 1.807) is 11.3 Å². The Hall–Kier alpha value is -2.54. The predicted octanol–water partition coefficient (Wildman–Crippen LogP) is 4.43. The molecule has 2 aromatic heterocycles. The number of anilines is 1. The van der Waals surface area contributed by atoms with Crippen molar-refractivity contribution in [3.8, 4) is 0 Å². The highest BCUT2D eigenvalue weighted by atomic mass is 32.1. The van der Waals surface area contributed by atoms with Crippen LogP contribution in [0.5, 0.6) is 0 Å². The second-order valence-corrected chi connectivity index (χ2v) is 8.38. The van der Waals surface area contributed by atoms with Crippen LogP contribution >= 0.6 is 11.3 Å². The number of ether oxygens (including phenoxy) is 1. The molecule has 1 amide bonds. The Morgan fingerprint density at radius 1 is 1.10 bits per heavy atom. The van der Waals surface area contributed by atoms with Crippen LogP contribution in [0, 0.1) is 13.8 Å². The van der Waals surface area contributed by atoms with Gasteiger partial charge in [0.15, 0.2) is 0 Å². The average molecular weight is 408 g/mol. The maximum absolute atomic E-state index is 12.9. The summed E-state index contributed by atoms with van der Waals surface area (Å²) in [5.41, 5.74) is 3.99. The predicted molar refractivity (Wildman–Crippen MR) is 117 cm³/mol. The van der Waals surface area contributed by atoms with Crippen LogP contribution in [0.25, 0.3) is 0 Å². The molecular formula is C23H25N3O2S. The van der Waals surface area contributed by atoms with E-state index in [1.165, 1.54) is 10.4 Å². The molecule has 6 heteroatoms. The van der Waals surface area contributed by atoms with Crippen LogP contribution in [0.3, 0.4) is 0 Å². The first-order valence-corrected chi connectivity index (χ1v) is 10.7. The van der Waals surface area contributed by atoms with Gasteiger partial charge in [0.25, 0.3) is 5.91 Å². The van der Waals surface area contributed by atoms with E-state index in [9.17, 15) is 4.79 Å². The summed E-state index contributed by atoms with van der Waals surface area (Å²) >= 11 is 1.63. The van der Waals surface area contributed by atoms with E-state index >= 15 is 0 Å². The van der Waals surface area contributed by atoms with Gasteiger partial charge in [0.2, 0.25) is 0 Å². The second kappa shape index (κ2) is 8.86. The molecule has 1 aromatic carbocycles. The maximum Gasteiger partial charge on any atom is 0.256 e. The quantitative estimate of drug-likeness (QED) is 0.680. The number of hydrogen-bond acceptors (Lipinski definition) is 5. The van der Waals surface area contributed by atoms with Crippen molar-refractivity contribution in [1.82, 2.24) is 9.88 Å². The Bertz CT molecular complexity index is 967. The van der Waals surface area contributed by atoms with Gasteiger partial charge >= 0.3 is 0 Å². The largest absolute Gasteiger partial charge is 0.379 e. The third-order valence-corrected chi connectivity index (χ3v) is 6.49. The van der Waals surface area contributed by atoms with Gasteiger partial charge in [0, 0.05) is 35.3 Å². The fraction of sp³-hybridized carbons (Fsp3) is 0.304. The van der Waals surface area contributed by atoms with Crippen LogP contribution in [-0.4, -0.2) is 42.1 Å². The number of aromatic nitrogens is 1. The standard InChI is InChI=1S/C23H25N3O2S/c1-16-17(2)29-23(25-22(27)18-8-4-3-5-9-18)20(16)21(19-10-6-7-11-24-19)26-12-14-28-15-13-26/h3-11,21H,12-15H2,1-2H3,(H,25,27)/t21-/m0/s1. The van der Waals surface area contributed by atoms with E-state index in [4.69, 9.17) is 4.74 Å². The minimum absolute atomic E-state index is 0.0175. The molecule has 1 aliphatic heterocycles. The van der Waals surface area contributed by atoms with Gasteiger partial charge in [0.05, 0.1) is 24.9 Å². The SMILES string of the molecule is Cc1sc(NC(=O)c2ccccc2)c([C@H](c2ccccn2)N2CCOCC2)c1C. The first kappa shape index (κ1) is 19.8. The molecule has 5 nitrogen and oxygen atoms in total. The molecule has 29 heavy (non-hydrogen) atoms. The lowest BCUT2D eigenvalue weighted by Crippen LogP contribution is -2.40. The van der Waals surface area contributed by atoms with Crippen molar-refractivity contribution < 1.29 is 9.53 Å². The molecule has 1 N–H and O–H groups in total. The lowest BCUT2D eigenvalue weighted by atomic mass is 9.98. The Balaban J connectivity index is 1.75. The number of carbonyl (C=O) groups excluding carboxylic acids is 1. The van der Waals surface area contributed by atoms with Crippen molar-refractivity contribution in [2.24, 2.45) is 0 Å². The number of benzene rings is 1. The van der Waals surface area contributed by atoms with Gasteiger partial charge in [-0.1, -0.05) is 24.3 Å². The van der Waals surface area contributed by atoms with Crippen LogP contribution in [0.1, 0.15) is 38.1 Å². The minimum atomic E-state index is -0.0881. The fourth-order valence-corrected chi connectivity index (χ4v) is 4.81. The summed E-state index contributed by atoms with van der Waals surface area (Å²) in [5.74, 6) is -0.0881. The number of amides is 1. The Kier molecular flexibility index (Phi) is 6.04. The molecule has 150 valence electrons. The summed E-state index contributed by atoms with van der Waals surface area (Å²) in [7, 11) is 0. The van der Waals surface area contributed by atoms with E-state index in [1.807, 2.05) is 48.7 Å². The summed E-state index contributed by atoms with van der Waals surface area (Å²) in [4.78, 5) is 21.1. The first-order valence-electron chi connectivity index (χ1n) is 9.84. The van der Waals surface area contributed by atoms with Crippen LogP contribution in [0.2, 0.25) is 0 Å². The Morgan fingerprint density at radius 2 is 1.83 bits per heavy atom. The molecule has 1 aliphatic rings. The van der Waals surface area contributed by atoms with Crippen LogP contribution in [-0.2, 0) is 4.74 Å². The van der Waals surface area contributed by atoms with Gasteiger partial charge in [-0.15, -0.1) is 11.3 Å². The highest BCUT2D eigenvalue weighted by Crippen LogP contribution is 2.42. The number of pyridine rings is 1. The molecule has 0 saturated carbocycles. The Labute approximate surface area is 175 Å². The number of nitrogens with one attached hydrogen (secondary N) is 1. The third-order valence-electron chi connectivity index (χ3n) is 5.35. The summed E-state index contributed by atoms with van der Waals surface area (Å²) in [6.45, 7) is 7.32. The third kappa shape index (κ3) is 4.24. The van der Waals surface area contributed by atoms with E-state index < -0.39 is 0 Å². The monoisotopic (exact) mass is 407 g/mol. The van der Waals surface area contributed by atoms with Gasteiger partial charge in [-0.2, -0.15) is 0 Å². The minimum Gasteiger partial charge on any atom is -0.379 e. The molecule has 1 fully saturated rings. The molecule has 1 saturated heterocycles. The number of hydrogen-bond donors (Lipinski definition) is 1. The van der Waals surface area contributed by atoms with Gasteiger partial charge in [-0.3, -0.25) is 14.7 Å². The summed E-state index contributed by atoms with van der Waals surface area (Å²) < 4.78 is 5.58. The topological polar surface area (TPSA) is 54.5 Å². The smallest absolute Gasteiger partial charge is 0.256 e. The summed E-state index contributed by atoms with van der Waals surface area (Å²) in [5, 5.41) is 4.07. The van der Waals surface area contributed by atoms with Crippen molar-refractivity contribution in [3.63, 3.8) is 0 Å². The lowest BCUT2D eigenvalue weighted by molar-refractivity contribution is 0.0233. The molecule has 0 unspecified atom stereocenters. The summed E-state index contributed by atoms with van der Waals surface area (Å²) in [6, 6.07) is 15.3. The zero-order chi connectivity index (χ0) is 20.2. The molecular weight excluding hydrogens is 382 g/mol. The molecule has 3 aromatic rings. The number of thiophene rings is 1. The van der Waals surface area contributed by atoms with Gasteiger partial charge < -0.3 is 10.1 Å². The molecule has 4 rings (SSSR count). The molecule has 0 spiro atoms. The zero-order valence-electron chi connectivity index (χ0n) is 16.7. The van der Waals surface area contributed by atoms with Crippen LogP contribution < -0.4 is 5.32 Å². The number of morpholine rings is 1. The van der Waals surface area contributed by atoms with Crippen LogP contribution in [0.15, 0.2) is 54.7 Å². The highest BCUT2D eigenvalue weighted by molar-refractivity contribution is 7.16. The van der Waals surface area contributed by atoms with Crippen molar-refractivity contribution in [3.05, 3.63) is 82.0 Å². The molecule has 0 aliphatic carbocycles. The van der Waals surface area contributed by atoms with E-state index in [0.29, 0.717) is 18.8 Å². The van der Waals surface area contributed by atoms with Crippen LogP contribution in [0.4, 0.5) is 5.00 Å². The number of rotatable bonds is 5. The normalized spacial score (nSPS) is 15.8. The van der Waals surface area contributed by atoms with E-state index in [-0.39, 0.29) is 11.9 Å². The van der Waals surface area contributed by atoms with E-state index in [0.717, 1.165) is 29.3 Å². The van der Waals surface area contributed by atoms with Crippen molar-refractivity contribution in [1.29, 1.82) is 0 Å². The first-order chi connectivity index (χ1) is 14.1. The number of carbonyl (C=O) groups is 1. The molecule has 0 bridgehead atoms. The van der Waals surface area contributed by atoms with E-state index in [2.05, 4.69) is 35.1 Å². The average Bonchev–Trinajstić information content (AvgIpc) is 3.04. The zero-order valence-corrected chi connectivity index (χ0v) is 17.5. The van der Waals surface area contributed by atoms with Crippen molar-refractivity contribution in [2.75, 3.05) is 31.6 Å². The molecule has 1 atom stereocenters. The van der Waals surface area contributed by atoms with Gasteiger partial charge in [-0.25, -0.2) is 0 Å².